The molecule has 1 unspecified atom stereocenters. The number of hydrogen-bond acceptors (Lipinski definition) is 3. The van der Waals surface area contributed by atoms with Crippen LogP contribution in [0.25, 0.3) is 0 Å². The largest absolute Gasteiger partial charge is 0.496 e. The number of hydrogen-bond donors (Lipinski definition) is 1. The first kappa shape index (κ1) is 13.9. The number of ether oxygens (including phenoxy) is 1. The molecule has 2 aromatic carbocycles. The lowest BCUT2D eigenvalue weighted by molar-refractivity contribution is 0.199. The molecule has 0 fully saturated rings. The second-order valence-electron chi connectivity index (χ2n) is 4.03. The topological polar surface area (TPSA) is 29.5 Å². The fraction of sp³-hybridized carbons (Fsp3) is 0.200. The van der Waals surface area contributed by atoms with E-state index in [0.29, 0.717) is 11.5 Å². The van der Waals surface area contributed by atoms with Gasteiger partial charge < -0.3 is 9.84 Å². The molecule has 0 bridgehead atoms. The van der Waals surface area contributed by atoms with Crippen LogP contribution in [0.3, 0.4) is 0 Å². The van der Waals surface area contributed by atoms with Crippen LogP contribution >= 0.6 is 11.8 Å². The molecule has 0 saturated carbocycles. The van der Waals surface area contributed by atoms with Gasteiger partial charge in [0.25, 0.3) is 0 Å². The van der Waals surface area contributed by atoms with Gasteiger partial charge in [0, 0.05) is 16.2 Å². The monoisotopic (exact) mass is 278 g/mol. The van der Waals surface area contributed by atoms with Crippen molar-refractivity contribution in [3.8, 4) is 5.75 Å². The van der Waals surface area contributed by atoms with E-state index in [2.05, 4.69) is 0 Å². The summed E-state index contributed by atoms with van der Waals surface area (Å²) in [6, 6.07) is 13.7. The Kier molecular flexibility index (Phi) is 4.82. The van der Waals surface area contributed by atoms with Crippen molar-refractivity contribution >= 4 is 11.8 Å². The smallest absolute Gasteiger partial charge is 0.124 e. The van der Waals surface area contributed by atoms with E-state index < -0.39 is 6.10 Å². The zero-order valence-electron chi connectivity index (χ0n) is 10.5. The van der Waals surface area contributed by atoms with Gasteiger partial charge in [-0.05, 0) is 24.3 Å². The lowest BCUT2D eigenvalue weighted by Crippen LogP contribution is -2.03. The van der Waals surface area contributed by atoms with Gasteiger partial charge in [-0.3, -0.25) is 0 Å². The highest BCUT2D eigenvalue weighted by molar-refractivity contribution is 7.99. The van der Waals surface area contributed by atoms with Crippen molar-refractivity contribution in [2.24, 2.45) is 0 Å². The second kappa shape index (κ2) is 6.59. The number of aliphatic hydroxyl groups excluding tert-OH is 1. The van der Waals surface area contributed by atoms with Gasteiger partial charge in [0.15, 0.2) is 0 Å². The zero-order chi connectivity index (χ0) is 13.7. The van der Waals surface area contributed by atoms with E-state index in [1.807, 2.05) is 30.3 Å². The highest BCUT2D eigenvalue weighted by Crippen LogP contribution is 2.30. The van der Waals surface area contributed by atoms with Crippen molar-refractivity contribution in [2.75, 3.05) is 12.9 Å². The number of methoxy groups -OCH3 is 1. The van der Waals surface area contributed by atoms with Gasteiger partial charge in [-0.1, -0.05) is 24.3 Å². The molecule has 1 N–H and O–H groups in total. The summed E-state index contributed by atoms with van der Waals surface area (Å²) < 4.78 is 18.2. The van der Waals surface area contributed by atoms with Gasteiger partial charge in [0.1, 0.15) is 11.6 Å². The van der Waals surface area contributed by atoms with Crippen LogP contribution in [0.15, 0.2) is 53.4 Å². The molecule has 0 amide bonds. The Balaban J connectivity index is 2.03. The van der Waals surface area contributed by atoms with Crippen LogP contribution in [-0.2, 0) is 0 Å². The molecular formula is C15H15FO2S. The number of para-hydroxylation sites is 1. The molecule has 1 atom stereocenters. The maximum Gasteiger partial charge on any atom is 0.124 e. The summed E-state index contributed by atoms with van der Waals surface area (Å²) in [7, 11) is 1.57. The van der Waals surface area contributed by atoms with E-state index in [1.54, 1.807) is 13.2 Å². The summed E-state index contributed by atoms with van der Waals surface area (Å²) >= 11 is 1.41. The van der Waals surface area contributed by atoms with Gasteiger partial charge in [-0.15, -0.1) is 11.8 Å². The normalized spacial score (nSPS) is 12.2. The Hall–Kier alpha value is -1.52. The summed E-state index contributed by atoms with van der Waals surface area (Å²) in [4.78, 5) is 0.800. The number of benzene rings is 2. The second-order valence-corrected chi connectivity index (χ2v) is 5.12. The number of thioether (sulfide) groups is 1. The Morgan fingerprint density at radius 1 is 1.21 bits per heavy atom. The van der Waals surface area contributed by atoms with Crippen molar-refractivity contribution in [1.29, 1.82) is 0 Å². The maximum atomic E-state index is 13.0. The Bertz CT molecular complexity index is 545. The highest BCUT2D eigenvalue weighted by atomic mass is 32.2. The van der Waals surface area contributed by atoms with Gasteiger partial charge in [-0.25, -0.2) is 4.39 Å². The molecule has 0 spiro atoms. The van der Waals surface area contributed by atoms with Crippen LogP contribution < -0.4 is 4.74 Å². The summed E-state index contributed by atoms with van der Waals surface area (Å²) in [5, 5.41) is 10.2. The molecule has 100 valence electrons. The zero-order valence-corrected chi connectivity index (χ0v) is 11.4. The van der Waals surface area contributed by atoms with E-state index in [4.69, 9.17) is 4.74 Å². The molecule has 0 aromatic heterocycles. The van der Waals surface area contributed by atoms with Crippen LogP contribution in [0.1, 0.15) is 11.7 Å². The third kappa shape index (κ3) is 3.72. The number of rotatable bonds is 5. The number of aliphatic hydroxyl groups is 1. The minimum Gasteiger partial charge on any atom is -0.496 e. The predicted molar refractivity (Wildman–Crippen MR) is 75.1 cm³/mol. The molecule has 0 aliphatic carbocycles. The predicted octanol–water partition coefficient (Wildman–Crippen LogP) is 3.66. The van der Waals surface area contributed by atoms with Crippen LogP contribution in [0.2, 0.25) is 0 Å². The summed E-state index contributed by atoms with van der Waals surface area (Å²) in [6.45, 7) is 0. The summed E-state index contributed by atoms with van der Waals surface area (Å²) in [5.41, 5.74) is 0.744. The van der Waals surface area contributed by atoms with Crippen LogP contribution in [0.4, 0.5) is 4.39 Å². The minimum absolute atomic E-state index is 0.267. The number of halogens is 1. The van der Waals surface area contributed by atoms with Gasteiger partial charge in [0.05, 0.1) is 13.2 Å². The summed E-state index contributed by atoms with van der Waals surface area (Å²) in [5.74, 6) is 0.843. The van der Waals surface area contributed by atoms with Crippen LogP contribution in [-0.4, -0.2) is 18.0 Å². The first-order chi connectivity index (χ1) is 9.20. The van der Waals surface area contributed by atoms with Gasteiger partial charge in [-0.2, -0.15) is 0 Å². The molecule has 0 heterocycles. The average Bonchev–Trinajstić information content (AvgIpc) is 2.45. The third-order valence-corrected chi connectivity index (χ3v) is 3.77. The molecule has 0 radical (unpaired) electrons. The van der Waals surface area contributed by atoms with Crippen molar-refractivity contribution in [3.05, 3.63) is 59.9 Å². The molecule has 2 aromatic rings. The lowest BCUT2D eigenvalue weighted by Gasteiger charge is -2.14. The standard InChI is InChI=1S/C15H15FO2S/c1-18-15-8-3-2-7-13(15)14(17)10-19-12-6-4-5-11(16)9-12/h2-9,14,17H,10H2,1H3. The Morgan fingerprint density at radius 3 is 2.74 bits per heavy atom. The average molecular weight is 278 g/mol. The first-order valence-corrected chi connectivity index (χ1v) is 6.88. The molecule has 19 heavy (non-hydrogen) atoms. The van der Waals surface area contributed by atoms with Crippen molar-refractivity contribution in [2.45, 2.75) is 11.0 Å². The van der Waals surface area contributed by atoms with Crippen molar-refractivity contribution < 1.29 is 14.2 Å². The van der Waals surface area contributed by atoms with Gasteiger partial charge in [0.2, 0.25) is 0 Å². The molecule has 2 nitrogen and oxygen atoms in total. The van der Waals surface area contributed by atoms with E-state index in [1.165, 1.54) is 23.9 Å². The molecule has 0 aliphatic rings. The summed E-state index contributed by atoms with van der Waals surface area (Å²) in [6.07, 6.45) is -0.649. The first-order valence-electron chi connectivity index (χ1n) is 5.90. The van der Waals surface area contributed by atoms with Crippen molar-refractivity contribution in [3.63, 3.8) is 0 Å². The van der Waals surface area contributed by atoms with E-state index in [-0.39, 0.29) is 5.82 Å². The highest BCUT2D eigenvalue weighted by Gasteiger charge is 2.13. The molecule has 0 saturated heterocycles. The Labute approximate surface area is 116 Å². The van der Waals surface area contributed by atoms with E-state index >= 15 is 0 Å². The van der Waals surface area contributed by atoms with E-state index in [0.717, 1.165) is 10.5 Å². The third-order valence-electron chi connectivity index (χ3n) is 2.70. The minimum atomic E-state index is -0.649. The molecule has 0 aliphatic heterocycles. The molecular weight excluding hydrogens is 263 g/mol. The van der Waals surface area contributed by atoms with Gasteiger partial charge >= 0.3 is 0 Å². The fourth-order valence-electron chi connectivity index (χ4n) is 1.76. The van der Waals surface area contributed by atoms with Crippen LogP contribution in [0, 0.1) is 5.82 Å². The SMILES string of the molecule is COc1ccccc1C(O)CSc1cccc(F)c1. The van der Waals surface area contributed by atoms with Crippen LogP contribution in [0.5, 0.6) is 5.75 Å². The van der Waals surface area contributed by atoms with E-state index in [9.17, 15) is 9.50 Å². The quantitative estimate of drug-likeness (QED) is 0.846. The molecule has 2 rings (SSSR count). The molecule has 4 heteroatoms. The fourth-order valence-corrected chi connectivity index (χ4v) is 2.66. The lowest BCUT2D eigenvalue weighted by atomic mass is 10.1. The maximum absolute atomic E-state index is 13.0. The van der Waals surface area contributed by atoms with Crippen molar-refractivity contribution in [1.82, 2.24) is 0 Å². The Morgan fingerprint density at radius 2 is 2.00 bits per heavy atom.